The van der Waals surface area contributed by atoms with E-state index in [0.717, 1.165) is 12.0 Å². The quantitative estimate of drug-likeness (QED) is 0.848. The third-order valence-corrected chi connectivity index (χ3v) is 3.15. The summed E-state index contributed by atoms with van der Waals surface area (Å²) in [5, 5.41) is 3.36. The zero-order valence-electron chi connectivity index (χ0n) is 11.3. The molecule has 0 spiro atoms. The minimum Gasteiger partial charge on any atom is -0.405 e. The van der Waals surface area contributed by atoms with E-state index in [1.807, 2.05) is 6.92 Å². The second kappa shape index (κ2) is 6.31. The molecule has 5 heteroatoms. The number of hydrogen-bond acceptors (Lipinski definition) is 2. The minimum absolute atomic E-state index is 0.155. The Balaban J connectivity index is 2.12. The Bertz CT molecular complexity index is 478. The maximum atomic E-state index is 12.3. The number of para-hydroxylation sites is 1. The van der Waals surface area contributed by atoms with E-state index >= 15 is 0 Å². The average molecular weight is 285 g/mol. The number of alkyl halides is 3. The Hall–Kier alpha value is -1.49. The molecule has 2 nitrogen and oxygen atoms in total. The molecule has 0 amide bonds. The predicted molar refractivity (Wildman–Crippen MR) is 72.4 cm³/mol. The molecule has 0 saturated heterocycles. The molecule has 1 aromatic carbocycles. The van der Waals surface area contributed by atoms with E-state index < -0.39 is 6.36 Å². The summed E-state index contributed by atoms with van der Waals surface area (Å²) in [6.07, 6.45) is 0.272. The van der Waals surface area contributed by atoms with Gasteiger partial charge in [-0.05, 0) is 25.3 Å². The maximum absolute atomic E-state index is 12.3. The molecule has 1 aliphatic carbocycles. The SMILES string of the molecule is CCC(=Cc1ccccc1OC(F)(F)F)CNC1CC1. The van der Waals surface area contributed by atoms with E-state index in [-0.39, 0.29) is 5.75 Å². The van der Waals surface area contributed by atoms with Crippen LogP contribution in [0.15, 0.2) is 29.8 Å². The van der Waals surface area contributed by atoms with Crippen LogP contribution in [0.2, 0.25) is 0 Å². The molecule has 110 valence electrons. The molecule has 0 aromatic heterocycles. The average Bonchev–Trinajstić information content (AvgIpc) is 3.18. The predicted octanol–water partition coefficient (Wildman–Crippen LogP) is 4.13. The van der Waals surface area contributed by atoms with Gasteiger partial charge in [-0.3, -0.25) is 0 Å². The summed E-state index contributed by atoms with van der Waals surface area (Å²) >= 11 is 0. The highest BCUT2D eigenvalue weighted by molar-refractivity contribution is 5.60. The summed E-state index contributed by atoms with van der Waals surface area (Å²) in [6.45, 7) is 2.70. The van der Waals surface area contributed by atoms with Crippen LogP contribution in [-0.2, 0) is 0 Å². The molecule has 1 N–H and O–H groups in total. The van der Waals surface area contributed by atoms with Crippen LogP contribution in [0.3, 0.4) is 0 Å². The lowest BCUT2D eigenvalue weighted by Gasteiger charge is -2.12. The molecule has 0 unspecified atom stereocenters. The Morgan fingerprint density at radius 2 is 2.05 bits per heavy atom. The van der Waals surface area contributed by atoms with Crippen LogP contribution in [0.1, 0.15) is 31.7 Å². The maximum Gasteiger partial charge on any atom is 0.573 e. The standard InChI is InChI=1S/C15H18F3NO/c1-2-11(10-19-13-7-8-13)9-12-5-3-4-6-14(12)20-15(16,17)18/h3-6,9,13,19H,2,7-8,10H2,1H3. The molecule has 0 heterocycles. The van der Waals surface area contributed by atoms with E-state index in [9.17, 15) is 13.2 Å². The molecule has 0 aliphatic heterocycles. The third kappa shape index (κ3) is 4.89. The van der Waals surface area contributed by atoms with Gasteiger partial charge in [0.15, 0.2) is 0 Å². The molecule has 1 saturated carbocycles. The number of ether oxygens (including phenoxy) is 1. The largest absolute Gasteiger partial charge is 0.573 e. The van der Waals surface area contributed by atoms with Crippen molar-refractivity contribution in [1.29, 1.82) is 0 Å². The van der Waals surface area contributed by atoms with Gasteiger partial charge in [0.2, 0.25) is 0 Å². The van der Waals surface area contributed by atoms with Crippen molar-refractivity contribution < 1.29 is 17.9 Å². The summed E-state index contributed by atoms with van der Waals surface area (Å²) < 4.78 is 41.1. The Labute approximate surface area is 116 Å². The van der Waals surface area contributed by atoms with Crippen LogP contribution < -0.4 is 10.1 Å². The highest BCUT2D eigenvalue weighted by Gasteiger charge is 2.31. The van der Waals surface area contributed by atoms with Gasteiger partial charge in [-0.25, -0.2) is 0 Å². The second-order valence-corrected chi connectivity index (χ2v) is 4.90. The summed E-state index contributed by atoms with van der Waals surface area (Å²) in [5.41, 5.74) is 1.52. The van der Waals surface area contributed by atoms with Gasteiger partial charge >= 0.3 is 6.36 Å². The normalized spacial score (nSPS) is 16.3. The summed E-state index contributed by atoms with van der Waals surface area (Å²) in [4.78, 5) is 0. The van der Waals surface area contributed by atoms with Crippen molar-refractivity contribution in [2.24, 2.45) is 0 Å². The zero-order valence-corrected chi connectivity index (χ0v) is 11.3. The van der Waals surface area contributed by atoms with Gasteiger partial charge in [-0.15, -0.1) is 13.2 Å². The monoisotopic (exact) mass is 285 g/mol. The van der Waals surface area contributed by atoms with Gasteiger partial charge in [-0.2, -0.15) is 0 Å². The van der Waals surface area contributed by atoms with Crippen molar-refractivity contribution in [2.45, 2.75) is 38.6 Å². The van der Waals surface area contributed by atoms with E-state index in [2.05, 4.69) is 10.1 Å². The van der Waals surface area contributed by atoms with Gasteiger partial charge in [-0.1, -0.05) is 36.8 Å². The van der Waals surface area contributed by atoms with Gasteiger partial charge in [0.25, 0.3) is 0 Å². The van der Waals surface area contributed by atoms with Crippen LogP contribution in [0.25, 0.3) is 6.08 Å². The molecule has 1 fully saturated rings. The number of halogens is 3. The molecule has 0 radical (unpaired) electrons. The molecule has 1 aromatic rings. The Morgan fingerprint density at radius 1 is 1.35 bits per heavy atom. The first kappa shape index (κ1) is 14.9. The molecule has 2 rings (SSSR count). The molecule has 20 heavy (non-hydrogen) atoms. The van der Waals surface area contributed by atoms with Crippen LogP contribution in [-0.4, -0.2) is 18.9 Å². The zero-order chi connectivity index (χ0) is 14.6. The molecule has 1 aliphatic rings. The van der Waals surface area contributed by atoms with Gasteiger partial charge in [0, 0.05) is 18.2 Å². The lowest BCUT2D eigenvalue weighted by molar-refractivity contribution is -0.274. The van der Waals surface area contributed by atoms with Crippen molar-refractivity contribution in [3.8, 4) is 5.75 Å². The van der Waals surface area contributed by atoms with E-state index in [0.29, 0.717) is 18.2 Å². The summed E-state index contributed by atoms with van der Waals surface area (Å²) in [6, 6.07) is 6.78. The number of rotatable bonds is 6. The Kier molecular flexibility index (Phi) is 4.70. The molecule has 0 bridgehead atoms. The smallest absolute Gasteiger partial charge is 0.405 e. The molecular weight excluding hydrogens is 267 g/mol. The van der Waals surface area contributed by atoms with E-state index in [1.54, 1.807) is 18.2 Å². The van der Waals surface area contributed by atoms with Crippen LogP contribution in [0.5, 0.6) is 5.75 Å². The molecular formula is C15H18F3NO. The van der Waals surface area contributed by atoms with Crippen molar-refractivity contribution in [3.05, 3.63) is 35.4 Å². The number of benzene rings is 1. The van der Waals surface area contributed by atoms with E-state index in [1.165, 1.54) is 25.0 Å². The second-order valence-electron chi connectivity index (χ2n) is 4.90. The molecule has 0 atom stereocenters. The lowest BCUT2D eigenvalue weighted by atomic mass is 10.1. The van der Waals surface area contributed by atoms with Gasteiger partial charge < -0.3 is 10.1 Å². The highest BCUT2D eigenvalue weighted by atomic mass is 19.4. The lowest BCUT2D eigenvalue weighted by Crippen LogP contribution is -2.19. The number of nitrogens with one attached hydrogen (secondary N) is 1. The summed E-state index contributed by atoms with van der Waals surface area (Å²) in [7, 11) is 0. The van der Waals surface area contributed by atoms with Gasteiger partial charge in [0.05, 0.1) is 0 Å². The van der Waals surface area contributed by atoms with Crippen molar-refractivity contribution in [3.63, 3.8) is 0 Å². The van der Waals surface area contributed by atoms with Crippen molar-refractivity contribution in [2.75, 3.05) is 6.54 Å². The van der Waals surface area contributed by atoms with Crippen LogP contribution in [0, 0.1) is 0 Å². The van der Waals surface area contributed by atoms with E-state index in [4.69, 9.17) is 0 Å². The minimum atomic E-state index is -4.66. The first-order valence-electron chi connectivity index (χ1n) is 6.75. The van der Waals surface area contributed by atoms with Crippen molar-refractivity contribution in [1.82, 2.24) is 5.32 Å². The first-order valence-corrected chi connectivity index (χ1v) is 6.75. The van der Waals surface area contributed by atoms with Crippen LogP contribution >= 0.6 is 0 Å². The highest BCUT2D eigenvalue weighted by Crippen LogP contribution is 2.28. The first-order chi connectivity index (χ1) is 9.48. The van der Waals surface area contributed by atoms with Crippen molar-refractivity contribution >= 4 is 6.08 Å². The summed E-state index contributed by atoms with van der Waals surface area (Å²) in [5.74, 6) is -0.155. The van der Waals surface area contributed by atoms with Gasteiger partial charge in [0.1, 0.15) is 5.75 Å². The third-order valence-electron chi connectivity index (χ3n) is 3.15. The fraction of sp³-hybridized carbons (Fsp3) is 0.467. The fourth-order valence-electron chi connectivity index (χ4n) is 1.88. The van der Waals surface area contributed by atoms with Crippen LogP contribution in [0.4, 0.5) is 13.2 Å². The number of hydrogen-bond donors (Lipinski definition) is 1. The fourth-order valence-corrected chi connectivity index (χ4v) is 1.88. The topological polar surface area (TPSA) is 21.3 Å². The Morgan fingerprint density at radius 3 is 2.65 bits per heavy atom.